The lowest BCUT2D eigenvalue weighted by molar-refractivity contribution is 0.0599. The Hall–Kier alpha value is -2.83. The molecule has 0 unspecified atom stereocenters. The number of aromatic amines is 1. The van der Waals surface area contributed by atoms with Gasteiger partial charge in [0.2, 0.25) is 0 Å². The monoisotopic (exact) mass is 338 g/mol. The number of nitrogens with one attached hydrogen (secondary N) is 1. The van der Waals surface area contributed by atoms with Crippen LogP contribution in [0.25, 0.3) is 11.4 Å². The topological polar surface area (TPSA) is 71.7 Å². The van der Waals surface area contributed by atoms with Crippen LogP contribution in [0.1, 0.15) is 41.5 Å². The minimum atomic E-state index is -0.0108. The molecule has 1 aliphatic heterocycles. The molecular formula is C18H22N6O. The van der Waals surface area contributed by atoms with Crippen LogP contribution in [0.4, 0.5) is 0 Å². The van der Waals surface area contributed by atoms with Gasteiger partial charge in [0.15, 0.2) is 0 Å². The molecule has 0 aliphatic carbocycles. The summed E-state index contributed by atoms with van der Waals surface area (Å²) >= 11 is 0. The molecule has 1 aliphatic rings. The van der Waals surface area contributed by atoms with Crippen LogP contribution in [-0.2, 0) is 14.1 Å². The molecule has 1 N–H and O–H groups in total. The number of hydrogen-bond acceptors (Lipinski definition) is 3. The second-order valence-electron chi connectivity index (χ2n) is 6.60. The van der Waals surface area contributed by atoms with Crippen LogP contribution in [-0.4, -0.2) is 41.9 Å². The Labute approximate surface area is 146 Å². The summed E-state index contributed by atoms with van der Waals surface area (Å²) < 4.78 is 3.78. The normalized spacial score (nSPS) is 17.8. The van der Waals surface area contributed by atoms with Gasteiger partial charge < -0.3 is 9.47 Å². The molecule has 0 saturated carbocycles. The third-order valence-electron chi connectivity index (χ3n) is 4.85. The van der Waals surface area contributed by atoms with Gasteiger partial charge in [-0.3, -0.25) is 14.6 Å². The van der Waals surface area contributed by atoms with E-state index < -0.39 is 0 Å². The van der Waals surface area contributed by atoms with Gasteiger partial charge in [0.1, 0.15) is 11.4 Å². The molecule has 7 heteroatoms. The Morgan fingerprint density at radius 1 is 1.24 bits per heavy atom. The lowest BCUT2D eigenvalue weighted by atomic mass is 9.99. The fraction of sp³-hybridized carbons (Fsp3) is 0.389. The highest BCUT2D eigenvalue weighted by molar-refractivity contribution is 5.93. The molecule has 1 atom stereocenters. The fourth-order valence-corrected chi connectivity index (χ4v) is 3.54. The van der Waals surface area contributed by atoms with E-state index in [1.54, 1.807) is 4.68 Å². The largest absolute Gasteiger partial charge is 0.349 e. The summed E-state index contributed by atoms with van der Waals surface area (Å²) in [5.74, 6) is -0.0108. The van der Waals surface area contributed by atoms with Crippen LogP contribution in [0, 0.1) is 0 Å². The highest BCUT2D eigenvalue weighted by atomic mass is 16.2. The zero-order chi connectivity index (χ0) is 17.4. The fourth-order valence-electron chi connectivity index (χ4n) is 3.54. The third-order valence-corrected chi connectivity index (χ3v) is 4.85. The van der Waals surface area contributed by atoms with E-state index >= 15 is 0 Å². The number of aromatic nitrogens is 5. The maximum atomic E-state index is 13.1. The van der Waals surface area contributed by atoms with Crippen molar-refractivity contribution >= 4 is 5.91 Å². The maximum absolute atomic E-state index is 13.1. The quantitative estimate of drug-likeness (QED) is 0.797. The molecule has 0 radical (unpaired) electrons. The van der Waals surface area contributed by atoms with E-state index in [1.165, 1.54) is 0 Å². The Balaban J connectivity index is 1.61. The number of carbonyl (C=O) groups excluding carboxylic acids is 1. The number of aryl methyl sites for hydroxylation is 2. The van der Waals surface area contributed by atoms with Gasteiger partial charge in [0.05, 0.1) is 17.4 Å². The van der Waals surface area contributed by atoms with Gasteiger partial charge in [-0.15, -0.1) is 0 Å². The Kier molecular flexibility index (Phi) is 3.91. The minimum Gasteiger partial charge on any atom is -0.349 e. The van der Waals surface area contributed by atoms with Gasteiger partial charge in [-0.2, -0.15) is 10.2 Å². The van der Waals surface area contributed by atoms with Gasteiger partial charge >= 0.3 is 0 Å². The van der Waals surface area contributed by atoms with Gasteiger partial charge in [-0.25, -0.2) is 0 Å². The Morgan fingerprint density at radius 2 is 2.12 bits per heavy atom. The minimum absolute atomic E-state index is 0.0108. The van der Waals surface area contributed by atoms with E-state index in [4.69, 9.17) is 0 Å². The number of H-pyrrole nitrogens is 1. The molecule has 4 heterocycles. The maximum Gasteiger partial charge on any atom is 0.272 e. The molecule has 4 rings (SSSR count). The molecule has 3 aromatic heterocycles. The van der Waals surface area contributed by atoms with E-state index in [2.05, 4.69) is 15.3 Å². The van der Waals surface area contributed by atoms with Gasteiger partial charge in [0, 0.05) is 33.0 Å². The van der Waals surface area contributed by atoms with Crippen molar-refractivity contribution in [1.29, 1.82) is 0 Å². The summed E-state index contributed by atoms with van der Waals surface area (Å²) in [4.78, 5) is 15.0. The van der Waals surface area contributed by atoms with Crippen LogP contribution in [0.3, 0.4) is 0 Å². The van der Waals surface area contributed by atoms with Crippen LogP contribution in [0.5, 0.6) is 0 Å². The predicted octanol–water partition coefficient (Wildman–Crippen LogP) is 2.52. The Morgan fingerprint density at radius 3 is 2.84 bits per heavy atom. The summed E-state index contributed by atoms with van der Waals surface area (Å²) in [5, 5.41) is 11.8. The first-order valence-corrected chi connectivity index (χ1v) is 8.61. The van der Waals surface area contributed by atoms with Crippen molar-refractivity contribution in [3.05, 3.63) is 48.0 Å². The molecule has 1 saturated heterocycles. The summed E-state index contributed by atoms with van der Waals surface area (Å²) in [7, 11) is 3.87. The van der Waals surface area contributed by atoms with Crippen molar-refractivity contribution in [2.24, 2.45) is 14.1 Å². The Bertz CT molecular complexity index is 889. The van der Waals surface area contributed by atoms with Crippen LogP contribution in [0.2, 0.25) is 0 Å². The zero-order valence-corrected chi connectivity index (χ0v) is 14.5. The lowest BCUT2D eigenvalue weighted by Gasteiger charge is -2.34. The lowest BCUT2D eigenvalue weighted by Crippen LogP contribution is -2.39. The molecule has 1 amide bonds. The number of likely N-dealkylation sites (tertiary alicyclic amines) is 1. The number of nitrogens with zero attached hydrogens (tertiary/aromatic N) is 5. The van der Waals surface area contributed by atoms with Crippen molar-refractivity contribution in [3.63, 3.8) is 0 Å². The average molecular weight is 338 g/mol. The molecule has 3 aromatic rings. The average Bonchev–Trinajstić information content (AvgIpc) is 3.35. The van der Waals surface area contributed by atoms with Crippen molar-refractivity contribution in [3.8, 4) is 11.4 Å². The summed E-state index contributed by atoms with van der Waals surface area (Å²) in [6.45, 7) is 0.749. The highest BCUT2D eigenvalue weighted by Gasteiger charge is 2.31. The molecule has 0 aromatic carbocycles. The molecule has 0 bridgehead atoms. The predicted molar refractivity (Wildman–Crippen MR) is 93.8 cm³/mol. The summed E-state index contributed by atoms with van der Waals surface area (Å²) in [5.41, 5.74) is 3.24. The van der Waals surface area contributed by atoms with Gasteiger partial charge in [0.25, 0.3) is 5.91 Å². The summed E-state index contributed by atoms with van der Waals surface area (Å²) in [6, 6.07) is 7.82. The molecule has 7 nitrogen and oxygen atoms in total. The highest BCUT2D eigenvalue weighted by Crippen LogP contribution is 2.31. The summed E-state index contributed by atoms with van der Waals surface area (Å²) in [6.07, 6.45) is 6.97. The van der Waals surface area contributed by atoms with E-state index in [-0.39, 0.29) is 11.9 Å². The van der Waals surface area contributed by atoms with E-state index in [0.717, 1.165) is 42.9 Å². The first-order chi connectivity index (χ1) is 12.1. The van der Waals surface area contributed by atoms with Crippen molar-refractivity contribution < 1.29 is 4.79 Å². The van der Waals surface area contributed by atoms with Crippen LogP contribution >= 0.6 is 0 Å². The number of hydrogen-bond donors (Lipinski definition) is 1. The SMILES string of the molecule is Cn1ccc([C@H]2CCCCN2C(=O)c2cc(-c3cccn3C)n[nH]2)n1. The van der Waals surface area contributed by atoms with Crippen molar-refractivity contribution in [2.75, 3.05) is 6.54 Å². The number of amides is 1. The molecular weight excluding hydrogens is 316 g/mol. The van der Waals surface area contributed by atoms with E-state index in [0.29, 0.717) is 5.69 Å². The van der Waals surface area contributed by atoms with Crippen molar-refractivity contribution in [1.82, 2.24) is 29.4 Å². The zero-order valence-electron chi connectivity index (χ0n) is 14.5. The molecule has 130 valence electrons. The first-order valence-electron chi connectivity index (χ1n) is 8.61. The van der Waals surface area contributed by atoms with Gasteiger partial charge in [-0.1, -0.05) is 0 Å². The van der Waals surface area contributed by atoms with Gasteiger partial charge in [-0.05, 0) is 43.5 Å². The first kappa shape index (κ1) is 15.7. The molecule has 1 fully saturated rings. The second-order valence-corrected chi connectivity index (χ2v) is 6.60. The number of rotatable bonds is 3. The smallest absolute Gasteiger partial charge is 0.272 e. The number of piperidine rings is 1. The van der Waals surface area contributed by atoms with E-state index in [9.17, 15) is 4.79 Å². The standard InChI is InChI=1S/C18H22N6O/c1-22-9-5-7-16(22)14-12-15(20-19-14)18(25)24-10-4-3-6-17(24)13-8-11-23(2)21-13/h5,7-9,11-12,17H,3-4,6,10H2,1-2H3,(H,19,20)/t17-/m1/s1. The molecule has 0 spiro atoms. The molecule has 25 heavy (non-hydrogen) atoms. The third kappa shape index (κ3) is 2.86. The second kappa shape index (κ2) is 6.23. The van der Waals surface area contributed by atoms with Crippen LogP contribution in [0.15, 0.2) is 36.7 Å². The van der Waals surface area contributed by atoms with Crippen molar-refractivity contribution in [2.45, 2.75) is 25.3 Å². The van der Waals surface area contributed by atoms with Crippen LogP contribution < -0.4 is 0 Å². The number of carbonyl (C=O) groups is 1. The van der Waals surface area contributed by atoms with E-state index in [1.807, 2.05) is 60.2 Å².